The van der Waals surface area contributed by atoms with Gasteiger partial charge in [0.2, 0.25) is 0 Å². The highest BCUT2D eigenvalue weighted by molar-refractivity contribution is 7.16. The fraction of sp³-hybridized carbons (Fsp3) is 0.556. The Labute approximate surface area is 81.5 Å². The van der Waals surface area contributed by atoms with E-state index in [1.54, 1.807) is 11.3 Å². The van der Waals surface area contributed by atoms with Gasteiger partial charge < -0.3 is 5.73 Å². The Morgan fingerprint density at radius 3 is 2.67 bits per heavy atom. The number of rotatable bonds is 2. The van der Waals surface area contributed by atoms with E-state index in [0.717, 1.165) is 4.34 Å². The van der Waals surface area contributed by atoms with E-state index in [2.05, 4.69) is 6.07 Å². The molecule has 1 fully saturated rings. The summed E-state index contributed by atoms with van der Waals surface area (Å²) in [6.45, 7) is 0. The Bertz CT molecular complexity index is 267. The summed E-state index contributed by atoms with van der Waals surface area (Å²) in [5.74, 6) is 0.708. The van der Waals surface area contributed by atoms with Crippen molar-refractivity contribution in [1.29, 1.82) is 0 Å². The van der Waals surface area contributed by atoms with Crippen molar-refractivity contribution in [3.63, 3.8) is 0 Å². The lowest BCUT2D eigenvalue weighted by atomic mass is 9.79. The van der Waals surface area contributed by atoms with Gasteiger partial charge in [0.15, 0.2) is 0 Å². The normalized spacial score (nSPS) is 20.5. The maximum atomic E-state index is 6.07. The highest BCUT2D eigenvalue weighted by Crippen LogP contribution is 2.39. The number of hydrogen-bond acceptors (Lipinski definition) is 2. The van der Waals surface area contributed by atoms with E-state index in [4.69, 9.17) is 17.3 Å². The number of thiophene rings is 1. The van der Waals surface area contributed by atoms with Crippen LogP contribution in [0.1, 0.15) is 30.2 Å². The molecule has 1 aromatic heterocycles. The van der Waals surface area contributed by atoms with Gasteiger partial charge in [0.05, 0.1) is 4.34 Å². The van der Waals surface area contributed by atoms with E-state index in [1.165, 1.54) is 24.1 Å². The van der Waals surface area contributed by atoms with Crippen LogP contribution in [0.5, 0.6) is 0 Å². The lowest BCUT2D eigenvalue weighted by Crippen LogP contribution is -2.25. The number of hydrogen-bond donors (Lipinski definition) is 1. The molecule has 0 saturated heterocycles. The highest BCUT2D eigenvalue weighted by Gasteiger charge is 2.26. The topological polar surface area (TPSA) is 26.0 Å². The third-order valence-electron chi connectivity index (χ3n) is 2.58. The summed E-state index contributed by atoms with van der Waals surface area (Å²) in [5.41, 5.74) is 6.07. The molecule has 1 aromatic rings. The van der Waals surface area contributed by atoms with Crippen LogP contribution in [0.25, 0.3) is 0 Å². The fourth-order valence-electron chi connectivity index (χ4n) is 1.54. The van der Waals surface area contributed by atoms with Crippen molar-refractivity contribution in [2.24, 2.45) is 11.7 Å². The SMILES string of the molecule is N[C@@H](c1ccc(Cl)s1)C1CCC1. The summed E-state index contributed by atoms with van der Waals surface area (Å²) in [4.78, 5) is 1.24. The second kappa shape index (κ2) is 3.36. The average Bonchev–Trinajstić information content (AvgIpc) is 2.31. The molecule has 0 unspecified atom stereocenters. The Morgan fingerprint density at radius 1 is 1.50 bits per heavy atom. The second-order valence-electron chi connectivity index (χ2n) is 3.36. The minimum absolute atomic E-state index is 0.233. The first-order valence-electron chi connectivity index (χ1n) is 4.28. The Balaban J connectivity index is 2.08. The van der Waals surface area contributed by atoms with Crippen LogP contribution in [0.15, 0.2) is 12.1 Å². The van der Waals surface area contributed by atoms with Crippen molar-refractivity contribution in [3.8, 4) is 0 Å². The molecule has 0 radical (unpaired) electrons. The average molecular weight is 202 g/mol. The molecule has 66 valence electrons. The quantitative estimate of drug-likeness (QED) is 0.782. The fourth-order valence-corrected chi connectivity index (χ4v) is 2.69. The molecule has 0 aromatic carbocycles. The van der Waals surface area contributed by atoms with Gasteiger partial charge in [-0.2, -0.15) is 0 Å². The van der Waals surface area contributed by atoms with E-state index in [1.807, 2.05) is 6.07 Å². The van der Waals surface area contributed by atoms with Gasteiger partial charge in [0.1, 0.15) is 0 Å². The molecule has 12 heavy (non-hydrogen) atoms. The number of halogens is 1. The molecule has 1 heterocycles. The van der Waals surface area contributed by atoms with E-state index < -0.39 is 0 Å². The van der Waals surface area contributed by atoms with Gasteiger partial charge in [-0.05, 0) is 30.9 Å². The first-order chi connectivity index (χ1) is 5.77. The first-order valence-corrected chi connectivity index (χ1v) is 5.47. The Kier molecular flexibility index (Phi) is 2.40. The lowest BCUT2D eigenvalue weighted by molar-refractivity contribution is 0.267. The van der Waals surface area contributed by atoms with Crippen LogP contribution in [-0.4, -0.2) is 0 Å². The second-order valence-corrected chi connectivity index (χ2v) is 5.11. The van der Waals surface area contributed by atoms with Gasteiger partial charge in [0.25, 0.3) is 0 Å². The predicted molar refractivity (Wildman–Crippen MR) is 53.6 cm³/mol. The van der Waals surface area contributed by atoms with E-state index in [9.17, 15) is 0 Å². The zero-order valence-corrected chi connectivity index (χ0v) is 8.37. The molecule has 3 heteroatoms. The van der Waals surface area contributed by atoms with Crippen LogP contribution in [0.2, 0.25) is 4.34 Å². The summed E-state index contributed by atoms with van der Waals surface area (Å²) < 4.78 is 0.847. The largest absolute Gasteiger partial charge is 0.323 e. The number of nitrogens with two attached hydrogens (primary N) is 1. The van der Waals surface area contributed by atoms with Crippen molar-refractivity contribution < 1.29 is 0 Å². The van der Waals surface area contributed by atoms with Crippen molar-refractivity contribution in [3.05, 3.63) is 21.3 Å². The molecule has 2 N–H and O–H groups in total. The highest BCUT2D eigenvalue weighted by atomic mass is 35.5. The van der Waals surface area contributed by atoms with Crippen LogP contribution in [0, 0.1) is 5.92 Å². The van der Waals surface area contributed by atoms with Crippen LogP contribution in [-0.2, 0) is 0 Å². The summed E-state index contributed by atoms with van der Waals surface area (Å²) >= 11 is 7.45. The minimum Gasteiger partial charge on any atom is -0.323 e. The summed E-state index contributed by atoms with van der Waals surface area (Å²) in [5, 5.41) is 0. The van der Waals surface area contributed by atoms with Crippen molar-refractivity contribution in [2.45, 2.75) is 25.3 Å². The summed E-state index contributed by atoms with van der Waals surface area (Å²) in [6.07, 6.45) is 3.92. The third-order valence-corrected chi connectivity index (χ3v) is 3.91. The van der Waals surface area contributed by atoms with Gasteiger partial charge in [-0.3, -0.25) is 0 Å². The molecule has 0 amide bonds. The van der Waals surface area contributed by atoms with Crippen molar-refractivity contribution in [2.75, 3.05) is 0 Å². The monoisotopic (exact) mass is 201 g/mol. The standard InChI is InChI=1S/C9H12ClNS/c10-8-5-4-7(12-8)9(11)6-2-1-3-6/h4-6,9H,1-3,11H2/t9-/m1/s1. The van der Waals surface area contributed by atoms with Crippen molar-refractivity contribution in [1.82, 2.24) is 0 Å². The summed E-state index contributed by atoms with van der Waals surface area (Å²) in [7, 11) is 0. The molecule has 2 rings (SSSR count). The smallest absolute Gasteiger partial charge is 0.0931 e. The van der Waals surface area contributed by atoms with Crippen LogP contribution in [0.3, 0.4) is 0 Å². The van der Waals surface area contributed by atoms with Crippen LogP contribution >= 0.6 is 22.9 Å². The summed E-state index contributed by atoms with van der Waals surface area (Å²) in [6, 6.07) is 4.21. The predicted octanol–water partition coefficient (Wildman–Crippen LogP) is 3.20. The van der Waals surface area contributed by atoms with Gasteiger partial charge in [-0.25, -0.2) is 0 Å². The van der Waals surface area contributed by atoms with E-state index in [0.29, 0.717) is 5.92 Å². The molecule has 0 aliphatic heterocycles. The zero-order chi connectivity index (χ0) is 8.55. The van der Waals surface area contributed by atoms with Crippen LogP contribution in [0.4, 0.5) is 0 Å². The molecule has 0 spiro atoms. The lowest BCUT2D eigenvalue weighted by Gasteiger charge is -2.30. The van der Waals surface area contributed by atoms with Gasteiger partial charge >= 0.3 is 0 Å². The Morgan fingerprint density at radius 2 is 2.25 bits per heavy atom. The van der Waals surface area contributed by atoms with Crippen molar-refractivity contribution >= 4 is 22.9 Å². The van der Waals surface area contributed by atoms with E-state index in [-0.39, 0.29) is 6.04 Å². The maximum absolute atomic E-state index is 6.07. The zero-order valence-electron chi connectivity index (χ0n) is 6.79. The van der Waals surface area contributed by atoms with E-state index >= 15 is 0 Å². The minimum atomic E-state index is 0.233. The first kappa shape index (κ1) is 8.54. The third kappa shape index (κ3) is 1.51. The molecule has 1 aliphatic rings. The molecule has 1 saturated carbocycles. The molecule has 1 nitrogen and oxygen atoms in total. The Hall–Kier alpha value is -0.0500. The molecule has 1 aliphatic carbocycles. The van der Waals surface area contributed by atoms with Gasteiger partial charge in [0, 0.05) is 10.9 Å². The van der Waals surface area contributed by atoms with Gasteiger partial charge in [-0.15, -0.1) is 11.3 Å². The van der Waals surface area contributed by atoms with Crippen LogP contribution < -0.4 is 5.73 Å². The maximum Gasteiger partial charge on any atom is 0.0931 e. The van der Waals surface area contributed by atoms with Gasteiger partial charge in [-0.1, -0.05) is 18.0 Å². The molecule has 0 bridgehead atoms. The molecule has 1 atom stereocenters. The molecular weight excluding hydrogens is 190 g/mol. The molecular formula is C9H12ClNS.